The molecular formula is C49H84N5O6PrS-. The first-order valence-corrected chi connectivity index (χ1v) is 23.8. The van der Waals surface area contributed by atoms with Crippen LogP contribution in [0, 0.1) is 59.0 Å². The Morgan fingerprint density at radius 2 is 1.48 bits per heavy atom. The number of carboxylic acids is 1. The van der Waals surface area contributed by atoms with Crippen LogP contribution in [0.1, 0.15) is 132 Å². The molecule has 0 spiro atoms. The van der Waals surface area contributed by atoms with Crippen molar-refractivity contribution < 1.29 is 70.3 Å². The fourth-order valence-electron chi connectivity index (χ4n) is 8.64. The van der Waals surface area contributed by atoms with E-state index >= 15 is 0 Å². The molecule has 2 aliphatic rings. The Balaban J connectivity index is 0.00000466. The van der Waals surface area contributed by atoms with E-state index in [-0.39, 0.29) is 102 Å². The van der Waals surface area contributed by atoms with Gasteiger partial charge in [-0.1, -0.05) is 116 Å². The molecule has 0 aromatic heterocycles. The first-order valence-electron chi connectivity index (χ1n) is 23.3. The van der Waals surface area contributed by atoms with Gasteiger partial charge in [-0.2, -0.15) is 5.75 Å². The quantitative estimate of drug-likeness (QED) is 0.0588. The third kappa shape index (κ3) is 17.6. The van der Waals surface area contributed by atoms with Gasteiger partial charge in [-0.25, -0.2) is 4.79 Å². The number of likely N-dealkylation sites (N-methyl/N-ethyl adjacent to an activating group) is 2. The van der Waals surface area contributed by atoms with Crippen molar-refractivity contribution in [2.24, 2.45) is 17.8 Å². The number of benzene rings is 1. The van der Waals surface area contributed by atoms with Gasteiger partial charge in [0.05, 0.1) is 24.7 Å². The fraction of sp³-hybridized carbons (Fsp3) is 0.735. The third-order valence-electron chi connectivity index (χ3n) is 12.5. The molecule has 1 radical (unpaired) electrons. The summed E-state index contributed by atoms with van der Waals surface area (Å²) in [5.41, 5.74) is 5.81. The van der Waals surface area contributed by atoms with Crippen LogP contribution in [0.15, 0.2) is 52.9 Å². The Labute approximate surface area is 415 Å². The van der Waals surface area contributed by atoms with E-state index in [0.717, 1.165) is 75.6 Å². The summed E-state index contributed by atoms with van der Waals surface area (Å²) in [6.45, 7) is 18.2. The van der Waals surface area contributed by atoms with Crippen LogP contribution >= 0.6 is 0 Å². The number of nitrogens with zero attached hydrogens (tertiary/aromatic N) is 3. The Kier molecular flexibility index (Phi) is 29.4. The number of carboxylic acid groups (broad SMARTS) is 1. The minimum atomic E-state index is -0.876. The number of amides is 2. The number of carbonyl (C=O) groups is 3. The molecule has 0 heterocycles. The molecule has 13 heteroatoms. The van der Waals surface area contributed by atoms with Crippen LogP contribution in [0.2, 0.25) is 0 Å². The SMILES string of the molecule is CCC.CCCCN(C(CC(OC)C(C(C)CC)N(C)C(=O)CNC(=O)C(C(C)C)N(C)CC[S-])=C1CCC1)C(OC)C(C)C(NC(Cc1ccccc1)C(=O)O)=C1CCC1.[Pr]. The van der Waals surface area contributed by atoms with Crippen LogP contribution in [-0.4, -0.2) is 122 Å². The van der Waals surface area contributed by atoms with Gasteiger partial charge in [-0.15, -0.1) is 0 Å². The monoisotopic (exact) mass is 1010 g/mol. The molecule has 2 fully saturated rings. The number of ether oxygens (including phenoxy) is 2. The second-order valence-electron chi connectivity index (χ2n) is 17.6. The van der Waals surface area contributed by atoms with Gasteiger partial charge < -0.3 is 47.6 Å². The minimum Gasteiger partial charge on any atom is -0.791 e. The smallest absolute Gasteiger partial charge is 0.326 e. The summed E-state index contributed by atoms with van der Waals surface area (Å²) in [4.78, 5) is 46.3. The zero-order valence-corrected chi connectivity index (χ0v) is 45.2. The number of hydrogen-bond acceptors (Lipinski definition) is 9. The average molecular weight is 1010 g/mol. The van der Waals surface area contributed by atoms with Crippen molar-refractivity contribution in [1.29, 1.82) is 0 Å². The van der Waals surface area contributed by atoms with E-state index in [9.17, 15) is 19.5 Å². The number of unbranched alkanes of at least 4 members (excludes halogenated alkanes) is 1. The molecule has 1 aromatic carbocycles. The molecule has 3 rings (SSSR count). The summed E-state index contributed by atoms with van der Waals surface area (Å²) in [5.74, 6) is -0.663. The van der Waals surface area contributed by atoms with Crippen molar-refractivity contribution >= 4 is 30.4 Å². The van der Waals surface area contributed by atoms with Crippen LogP contribution < -0.4 is 10.6 Å². The first kappa shape index (κ1) is 58.3. The maximum Gasteiger partial charge on any atom is 0.326 e. The van der Waals surface area contributed by atoms with Gasteiger partial charge >= 0.3 is 5.97 Å². The van der Waals surface area contributed by atoms with Crippen LogP contribution in [0.4, 0.5) is 0 Å². The van der Waals surface area contributed by atoms with Crippen molar-refractivity contribution in [3.05, 3.63) is 58.4 Å². The molecule has 11 nitrogen and oxygen atoms in total. The fourth-order valence-corrected chi connectivity index (χ4v) is 8.93. The predicted molar refractivity (Wildman–Crippen MR) is 252 cm³/mol. The molecule has 2 amide bonds. The number of methoxy groups -OCH3 is 2. The van der Waals surface area contributed by atoms with Crippen molar-refractivity contribution in [3.8, 4) is 0 Å². The Morgan fingerprint density at radius 3 is 1.94 bits per heavy atom. The van der Waals surface area contributed by atoms with Gasteiger partial charge in [0, 0.05) is 99.3 Å². The van der Waals surface area contributed by atoms with Gasteiger partial charge in [-0.3, -0.25) is 14.5 Å². The Morgan fingerprint density at radius 1 is 0.887 bits per heavy atom. The second-order valence-corrected chi connectivity index (χ2v) is 18.0. The number of hydrogen-bond donors (Lipinski definition) is 3. The summed E-state index contributed by atoms with van der Waals surface area (Å²) in [5, 5.41) is 16.9. The van der Waals surface area contributed by atoms with E-state index in [1.807, 2.05) is 63.2 Å². The summed E-state index contributed by atoms with van der Waals surface area (Å²) in [7, 11) is 7.24. The maximum atomic E-state index is 14.0. The van der Waals surface area contributed by atoms with Gasteiger partial charge in [0.15, 0.2) is 0 Å². The molecule has 2 saturated carbocycles. The molecule has 7 atom stereocenters. The van der Waals surface area contributed by atoms with Crippen molar-refractivity contribution in [1.82, 2.24) is 25.3 Å². The van der Waals surface area contributed by atoms with Gasteiger partial charge in [0.2, 0.25) is 11.8 Å². The molecular weight excluding hydrogens is 928 g/mol. The number of nitrogens with one attached hydrogen (secondary N) is 2. The largest absolute Gasteiger partial charge is 0.791 e. The number of rotatable bonds is 27. The molecule has 351 valence electrons. The summed E-state index contributed by atoms with van der Waals surface area (Å²) >= 11 is 5.18. The number of allylic oxidation sites excluding steroid dienone is 2. The van der Waals surface area contributed by atoms with E-state index in [1.165, 1.54) is 23.3 Å². The maximum absolute atomic E-state index is 14.0. The minimum absolute atomic E-state index is 0. The second kappa shape index (κ2) is 31.3. The average Bonchev–Trinajstić information content (AvgIpc) is 3.19. The summed E-state index contributed by atoms with van der Waals surface area (Å²) in [6.07, 6.45) is 10.4. The molecule has 2 aliphatic carbocycles. The molecule has 1 aromatic rings. The molecule has 3 N–H and O–H groups in total. The van der Waals surface area contributed by atoms with Crippen LogP contribution in [-0.2, 0) is 42.9 Å². The predicted octanol–water partition coefficient (Wildman–Crippen LogP) is 8.17. The van der Waals surface area contributed by atoms with E-state index in [0.29, 0.717) is 25.1 Å². The van der Waals surface area contributed by atoms with Crippen molar-refractivity contribution in [2.75, 3.05) is 53.7 Å². The summed E-state index contributed by atoms with van der Waals surface area (Å²) in [6, 6.07) is 8.38. The van der Waals surface area contributed by atoms with Crippen LogP contribution in [0.25, 0.3) is 0 Å². The molecule has 62 heavy (non-hydrogen) atoms. The molecule has 7 unspecified atom stereocenters. The van der Waals surface area contributed by atoms with Crippen molar-refractivity contribution in [2.45, 2.75) is 163 Å². The van der Waals surface area contributed by atoms with Gasteiger partial charge in [0.25, 0.3) is 0 Å². The topological polar surface area (TPSA) is 124 Å². The third-order valence-corrected chi connectivity index (χ3v) is 12.7. The molecule has 0 bridgehead atoms. The van der Waals surface area contributed by atoms with E-state index in [2.05, 4.69) is 57.1 Å². The number of carbonyl (C=O) groups excluding carboxylic acids is 2. The van der Waals surface area contributed by atoms with Gasteiger partial charge in [0.1, 0.15) is 12.3 Å². The Bertz CT molecular complexity index is 1520. The zero-order valence-electron chi connectivity index (χ0n) is 40.6. The molecule has 0 saturated heterocycles. The van der Waals surface area contributed by atoms with Gasteiger partial charge in [-0.05, 0) is 75.9 Å². The van der Waals surface area contributed by atoms with Crippen molar-refractivity contribution in [3.63, 3.8) is 0 Å². The molecule has 0 aliphatic heterocycles. The Hall–Kier alpha value is -1.70. The van der Waals surface area contributed by atoms with E-state index in [4.69, 9.17) is 22.1 Å². The summed E-state index contributed by atoms with van der Waals surface area (Å²) < 4.78 is 12.9. The van der Waals surface area contributed by atoms with E-state index in [1.54, 1.807) is 19.1 Å². The normalized spacial score (nSPS) is 16.8. The van der Waals surface area contributed by atoms with Crippen LogP contribution in [0.3, 0.4) is 0 Å². The standard InChI is InChI=1S/C46H77N5O6S.C3H8.Pr/c1-11-13-25-51(45(57-10)33(6)41(36-23-18-24-36)48-37(46(54)55)28-34-19-15-14-16-20-34)38(35-21-17-22-35)29-39(56-9)43(32(5)12-2)50(8)40(52)30-47-44(53)42(31(3)4)49(7)26-27-58;1-3-2;/h14-16,19-20,31-33,37,39,42-43,45,48,58H,11-13,17-18,21-30H2,1-10H3,(H,47,53)(H,54,55);3H2,1-2H3;/p-1. The zero-order chi connectivity index (χ0) is 45.6. The van der Waals surface area contributed by atoms with Crippen LogP contribution in [0.5, 0.6) is 0 Å². The van der Waals surface area contributed by atoms with E-state index < -0.39 is 12.0 Å². The number of aliphatic carboxylic acids is 1. The first-order chi connectivity index (χ1) is 29.1.